The van der Waals surface area contributed by atoms with Crippen LogP contribution >= 0.6 is 0 Å². The van der Waals surface area contributed by atoms with E-state index in [-0.39, 0.29) is 11.8 Å². The second kappa shape index (κ2) is 3.43. The van der Waals surface area contributed by atoms with Crippen molar-refractivity contribution in [3.8, 4) is 0 Å². The maximum Gasteiger partial charge on any atom is 0.144 e. The Balaban J connectivity index is 1.65. The van der Waals surface area contributed by atoms with Crippen LogP contribution in [0.5, 0.6) is 0 Å². The monoisotopic (exact) mass is 308 g/mol. The van der Waals surface area contributed by atoms with Gasteiger partial charge in [0, 0.05) is 22.7 Å². The first kappa shape index (κ1) is 13.1. The van der Waals surface area contributed by atoms with Crippen molar-refractivity contribution in [1.82, 2.24) is 0 Å². The number of fused-ring (bicyclic) bond motifs is 2. The maximum atomic E-state index is 13.5. The molecule has 6 aliphatic rings. The molecule has 0 aliphatic heterocycles. The highest BCUT2D eigenvalue weighted by Crippen LogP contribution is 2.95. The molecule has 0 radical (unpaired) electrons. The Morgan fingerprint density at radius 1 is 0.826 bits per heavy atom. The minimum atomic E-state index is -0.392. The molecule has 23 heavy (non-hydrogen) atoms. The molecule has 0 amide bonds. The number of hydrogen-bond donors (Lipinski definition) is 0. The van der Waals surface area contributed by atoms with Gasteiger partial charge in [0.15, 0.2) is 0 Å². The fourth-order valence-corrected chi connectivity index (χ4v) is 9.73. The average molecular weight is 308 g/mol. The van der Waals surface area contributed by atoms with Gasteiger partial charge in [0.25, 0.3) is 0 Å². The summed E-state index contributed by atoms with van der Waals surface area (Å²) in [6, 6.07) is 0. The second-order valence-electron chi connectivity index (χ2n) is 9.25. The Morgan fingerprint density at radius 3 is 1.65 bits per heavy atom. The van der Waals surface area contributed by atoms with Gasteiger partial charge in [-0.1, -0.05) is 25.0 Å². The van der Waals surface area contributed by atoms with E-state index in [4.69, 9.17) is 0 Å². The number of hydrogen-bond acceptors (Lipinski definition) is 2. The number of carbonyl (C=O) groups excluding carboxylic acids is 2. The van der Waals surface area contributed by atoms with E-state index in [0.717, 1.165) is 12.8 Å². The van der Waals surface area contributed by atoms with Gasteiger partial charge in [-0.3, -0.25) is 9.59 Å². The standard InChI is InChI=1S/C21H24O2/c1-3-7-20-15-13-11(17(20)22)12-14(19(13)9-5-6-10-19)16(15)21(20,8-4-2)18(12)23/h3-4,11-16H,1-2,5-10H2. The van der Waals surface area contributed by atoms with Crippen molar-refractivity contribution < 1.29 is 9.59 Å². The molecule has 0 aromatic rings. The zero-order chi connectivity index (χ0) is 15.8. The molecule has 0 heterocycles. The molecular formula is C21H24O2. The SMILES string of the molecule is C=CCC12C(=O)C3C4C(=O)C1(CC=C)C1C4C4(CCCC4)C3C12. The van der Waals surface area contributed by atoms with Crippen molar-refractivity contribution in [3.05, 3.63) is 25.3 Å². The van der Waals surface area contributed by atoms with Gasteiger partial charge < -0.3 is 0 Å². The summed E-state index contributed by atoms with van der Waals surface area (Å²) in [5.74, 6) is 3.11. The van der Waals surface area contributed by atoms with E-state index in [1.807, 2.05) is 12.2 Å². The van der Waals surface area contributed by atoms with Gasteiger partial charge in [-0.15, -0.1) is 13.2 Å². The molecule has 6 saturated carbocycles. The molecule has 6 rings (SSSR count). The minimum Gasteiger partial charge on any atom is -0.299 e. The predicted molar refractivity (Wildman–Crippen MR) is 86.3 cm³/mol. The van der Waals surface area contributed by atoms with Gasteiger partial charge in [-0.2, -0.15) is 0 Å². The zero-order valence-electron chi connectivity index (χ0n) is 13.6. The second-order valence-corrected chi connectivity index (χ2v) is 9.25. The van der Waals surface area contributed by atoms with Gasteiger partial charge >= 0.3 is 0 Å². The summed E-state index contributed by atoms with van der Waals surface area (Å²) in [5, 5.41) is 0. The van der Waals surface area contributed by atoms with E-state index in [0.29, 0.717) is 40.7 Å². The van der Waals surface area contributed by atoms with Gasteiger partial charge in [-0.05, 0) is 54.8 Å². The number of rotatable bonds is 4. The molecule has 0 aromatic carbocycles. The normalized spacial score (nSPS) is 58.4. The number of Topliss-reactive ketones (excluding diaryl/α,β-unsaturated/α-hetero) is 2. The first-order valence-corrected chi connectivity index (χ1v) is 9.44. The highest BCUT2D eigenvalue weighted by Gasteiger charge is 2.98. The average Bonchev–Trinajstić information content (AvgIpc) is 3.23. The van der Waals surface area contributed by atoms with Crippen LogP contribution in [-0.4, -0.2) is 11.6 Å². The van der Waals surface area contributed by atoms with Crippen LogP contribution in [0.1, 0.15) is 38.5 Å². The quantitative estimate of drug-likeness (QED) is 0.744. The Morgan fingerprint density at radius 2 is 1.26 bits per heavy atom. The van der Waals surface area contributed by atoms with E-state index < -0.39 is 10.8 Å². The van der Waals surface area contributed by atoms with Crippen LogP contribution < -0.4 is 0 Å². The summed E-state index contributed by atoms with van der Waals surface area (Å²) in [6.07, 6.45) is 10.4. The van der Waals surface area contributed by atoms with Crippen LogP contribution in [0.4, 0.5) is 0 Å². The Bertz CT molecular complexity index is 645. The van der Waals surface area contributed by atoms with Crippen LogP contribution in [-0.2, 0) is 9.59 Å². The van der Waals surface area contributed by atoms with Crippen LogP contribution in [0.15, 0.2) is 25.3 Å². The fourth-order valence-electron chi connectivity index (χ4n) is 9.73. The van der Waals surface area contributed by atoms with Gasteiger partial charge in [-0.25, -0.2) is 0 Å². The van der Waals surface area contributed by atoms with Crippen molar-refractivity contribution in [2.75, 3.05) is 0 Å². The van der Waals surface area contributed by atoms with E-state index >= 15 is 0 Å². The fraction of sp³-hybridized carbons (Fsp3) is 0.714. The van der Waals surface area contributed by atoms with Crippen molar-refractivity contribution in [3.63, 3.8) is 0 Å². The molecular weight excluding hydrogens is 284 g/mol. The minimum absolute atomic E-state index is 0.0761. The van der Waals surface area contributed by atoms with E-state index in [2.05, 4.69) is 13.2 Å². The molecule has 6 aliphatic carbocycles. The molecule has 2 bridgehead atoms. The summed E-state index contributed by atoms with van der Waals surface area (Å²) < 4.78 is 0. The molecule has 2 heteroatoms. The lowest BCUT2D eigenvalue weighted by Crippen LogP contribution is -2.67. The molecule has 0 aromatic heterocycles. The van der Waals surface area contributed by atoms with E-state index in [1.54, 1.807) is 0 Å². The third-order valence-corrected chi connectivity index (χ3v) is 9.54. The smallest absolute Gasteiger partial charge is 0.144 e. The van der Waals surface area contributed by atoms with Crippen LogP contribution in [0.2, 0.25) is 0 Å². The van der Waals surface area contributed by atoms with Gasteiger partial charge in [0.05, 0.1) is 0 Å². The van der Waals surface area contributed by atoms with E-state index in [9.17, 15) is 9.59 Å². The molecule has 8 unspecified atom stereocenters. The van der Waals surface area contributed by atoms with E-state index in [1.165, 1.54) is 25.7 Å². The van der Waals surface area contributed by atoms with Gasteiger partial charge in [0.1, 0.15) is 11.6 Å². The Hall–Kier alpha value is -1.18. The lowest BCUT2D eigenvalue weighted by Gasteiger charge is -2.62. The molecule has 2 nitrogen and oxygen atoms in total. The summed E-state index contributed by atoms with van der Waals surface area (Å²) >= 11 is 0. The molecule has 8 atom stereocenters. The number of carbonyl (C=O) groups is 2. The Labute approximate surface area is 137 Å². The van der Waals surface area contributed by atoms with Crippen molar-refractivity contribution >= 4 is 11.6 Å². The molecule has 0 saturated heterocycles. The highest BCUT2D eigenvalue weighted by atomic mass is 16.2. The predicted octanol–water partition coefficient (Wildman–Crippen LogP) is 3.58. The topological polar surface area (TPSA) is 34.1 Å². The summed E-state index contributed by atoms with van der Waals surface area (Å²) in [7, 11) is 0. The zero-order valence-corrected chi connectivity index (χ0v) is 13.6. The van der Waals surface area contributed by atoms with Crippen molar-refractivity contribution in [1.29, 1.82) is 0 Å². The summed E-state index contributed by atoms with van der Waals surface area (Å²) in [4.78, 5) is 27.1. The van der Waals surface area contributed by atoms with Crippen LogP contribution in [0.3, 0.4) is 0 Å². The maximum absolute atomic E-state index is 13.5. The molecule has 6 fully saturated rings. The van der Waals surface area contributed by atoms with Crippen LogP contribution in [0.25, 0.3) is 0 Å². The third kappa shape index (κ3) is 0.856. The van der Waals surface area contributed by atoms with Gasteiger partial charge in [0.2, 0.25) is 0 Å². The molecule has 0 N–H and O–H groups in total. The number of ketones is 2. The largest absolute Gasteiger partial charge is 0.299 e. The van der Waals surface area contributed by atoms with Crippen molar-refractivity contribution in [2.45, 2.75) is 38.5 Å². The Kier molecular flexibility index (Phi) is 1.96. The third-order valence-electron chi connectivity index (χ3n) is 9.54. The number of allylic oxidation sites excluding steroid dienone is 2. The summed E-state index contributed by atoms with van der Waals surface area (Å²) in [5.41, 5.74) is -0.437. The summed E-state index contributed by atoms with van der Waals surface area (Å²) in [6.45, 7) is 7.90. The lowest BCUT2D eigenvalue weighted by atomic mass is 9.37. The van der Waals surface area contributed by atoms with Crippen LogP contribution in [0, 0.1) is 51.8 Å². The molecule has 120 valence electrons. The highest BCUT2D eigenvalue weighted by molar-refractivity contribution is 6.12. The first-order valence-electron chi connectivity index (χ1n) is 9.44. The first-order chi connectivity index (χ1) is 11.1. The molecule has 1 spiro atoms. The van der Waals surface area contributed by atoms with Crippen molar-refractivity contribution in [2.24, 2.45) is 51.8 Å². The lowest BCUT2D eigenvalue weighted by molar-refractivity contribution is -0.189.